The molecule has 3 N–H and O–H groups in total. The zero-order chi connectivity index (χ0) is 12.3. The maximum atomic E-state index is 13.3. The van der Waals surface area contributed by atoms with Gasteiger partial charge >= 0.3 is 0 Å². The molecule has 0 bridgehead atoms. The van der Waals surface area contributed by atoms with Crippen molar-refractivity contribution in [1.82, 2.24) is 9.97 Å². The predicted molar refractivity (Wildman–Crippen MR) is 67.9 cm³/mol. The van der Waals surface area contributed by atoms with E-state index in [4.69, 9.17) is 5.73 Å². The number of hydrogen-bond donors (Lipinski definition) is 2. The number of rotatable bonds is 3. The number of aromatic nitrogens is 2. The van der Waals surface area contributed by atoms with Gasteiger partial charge in [-0.15, -0.1) is 0 Å². The summed E-state index contributed by atoms with van der Waals surface area (Å²) in [4.78, 5) is 7.34. The van der Waals surface area contributed by atoms with E-state index < -0.39 is 5.82 Å². The van der Waals surface area contributed by atoms with Crippen LogP contribution in [0.15, 0.2) is 34.9 Å². The fourth-order valence-electron chi connectivity index (χ4n) is 1.33. The minimum atomic E-state index is -0.522. The van der Waals surface area contributed by atoms with Crippen LogP contribution in [0.1, 0.15) is 5.56 Å². The lowest BCUT2D eigenvalue weighted by Crippen LogP contribution is -2.06. The average Bonchev–Trinajstić information content (AvgIpc) is 2.32. The van der Waals surface area contributed by atoms with Crippen molar-refractivity contribution in [1.29, 1.82) is 0 Å². The van der Waals surface area contributed by atoms with Crippen LogP contribution in [0, 0.1) is 5.82 Å². The molecule has 0 amide bonds. The maximum absolute atomic E-state index is 13.3. The van der Waals surface area contributed by atoms with Crippen molar-refractivity contribution in [3.63, 3.8) is 0 Å². The molecule has 6 heteroatoms. The minimum absolute atomic E-state index is 0.0426. The zero-order valence-electron chi connectivity index (χ0n) is 8.82. The first-order chi connectivity index (χ1) is 8.16. The van der Waals surface area contributed by atoms with E-state index in [9.17, 15) is 4.39 Å². The summed E-state index contributed by atoms with van der Waals surface area (Å²) < 4.78 is 14.3. The second-order valence-electron chi connectivity index (χ2n) is 3.37. The Morgan fingerprint density at radius 3 is 2.88 bits per heavy atom. The molecule has 0 aliphatic carbocycles. The summed E-state index contributed by atoms with van der Waals surface area (Å²) in [7, 11) is 0. The Hall–Kier alpha value is -1.69. The lowest BCUT2D eigenvalue weighted by molar-refractivity contribution is 0.617. The summed E-state index contributed by atoms with van der Waals surface area (Å²) >= 11 is 3.41. The molecule has 1 aromatic carbocycles. The summed E-state index contributed by atoms with van der Waals surface area (Å²) in [5, 5.41) is 2.87. The van der Waals surface area contributed by atoms with Gasteiger partial charge < -0.3 is 11.1 Å². The van der Waals surface area contributed by atoms with Crippen molar-refractivity contribution >= 4 is 27.7 Å². The Labute approximate surface area is 106 Å². The molecule has 0 saturated carbocycles. The van der Waals surface area contributed by atoms with Crippen molar-refractivity contribution in [3.8, 4) is 0 Å². The molecule has 0 fully saturated rings. The highest BCUT2D eigenvalue weighted by molar-refractivity contribution is 9.10. The van der Waals surface area contributed by atoms with E-state index in [1.54, 1.807) is 0 Å². The van der Waals surface area contributed by atoms with Crippen molar-refractivity contribution in [2.24, 2.45) is 0 Å². The molecular formula is C11H10BrFN4. The van der Waals surface area contributed by atoms with Crippen LogP contribution in [0.3, 0.4) is 0 Å². The van der Waals surface area contributed by atoms with Crippen LogP contribution in [0.5, 0.6) is 0 Å². The van der Waals surface area contributed by atoms with Gasteiger partial charge in [-0.3, -0.25) is 0 Å². The van der Waals surface area contributed by atoms with Crippen LogP contribution < -0.4 is 11.1 Å². The lowest BCUT2D eigenvalue weighted by Gasteiger charge is -2.08. The summed E-state index contributed by atoms with van der Waals surface area (Å²) in [6.45, 7) is 0.453. The highest BCUT2D eigenvalue weighted by Gasteiger charge is 2.05. The van der Waals surface area contributed by atoms with Crippen LogP contribution >= 0.6 is 15.9 Å². The molecule has 0 aliphatic rings. The molecule has 4 nitrogen and oxygen atoms in total. The molecule has 1 aromatic heterocycles. The molecule has 0 atom stereocenters. The number of hydrogen-bond acceptors (Lipinski definition) is 4. The number of nitrogens with two attached hydrogens (primary N) is 1. The second kappa shape index (κ2) is 5.09. The highest BCUT2D eigenvalue weighted by Crippen LogP contribution is 2.18. The van der Waals surface area contributed by atoms with Gasteiger partial charge in [-0.05, 0) is 11.6 Å². The summed E-state index contributed by atoms with van der Waals surface area (Å²) in [6, 6.07) is 7.67. The van der Waals surface area contributed by atoms with Crippen molar-refractivity contribution < 1.29 is 4.39 Å². The number of halogens is 2. The van der Waals surface area contributed by atoms with Crippen molar-refractivity contribution in [2.75, 3.05) is 11.1 Å². The Bertz CT molecular complexity index is 533. The monoisotopic (exact) mass is 296 g/mol. The molecular weight excluding hydrogens is 287 g/mol. The number of nitrogens with one attached hydrogen (secondary N) is 1. The summed E-state index contributed by atoms with van der Waals surface area (Å²) in [5.74, 6) is -0.375. The SMILES string of the molecule is Nc1ncc(F)c(NCc2ccccc2Br)n1. The largest absolute Gasteiger partial charge is 0.368 e. The Balaban J connectivity index is 2.12. The quantitative estimate of drug-likeness (QED) is 0.914. The van der Waals surface area contributed by atoms with Gasteiger partial charge in [0.25, 0.3) is 0 Å². The van der Waals surface area contributed by atoms with E-state index in [-0.39, 0.29) is 11.8 Å². The first kappa shape index (κ1) is 11.8. The molecule has 2 aromatic rings. The van der Waals surface area contributed by atoms with Crippen LogP contribution in [0.4, 0.5) is 16.2 Å². The lowest BCUT2D eigenvalue weighted by atomic mass is 10.2. The second-order valence-corrected chi connectivity index (χ2v) is 4.22. The van der Waals surface area contributed by atoms with E-state index in [1.807, 2.05) is 24.3 Å². The van der Waals surface area contributed by atoms with Gasteiger partial charge in [-0.2, -0.15) is 4.98 Å². The standard InChI is InChI=1S/C11H10BrFN4/c12-8-4-2-1-3-7(8)5-15-10-9(13)6-16-11(14)17-10/h1-4,6H,5H2,(H3,14,15,16,17). The van der Waals surface area contributed by atoms with Crippen LogP contribution in [0.2, 0.25) is 0 Å². The Kier molecular flexibility index (Phi) is 3.53. The van der Waals surface area contributed by atoms with Gasteiger partial charge in [-0.1, -0.05) is 34.1 Å². The van der Waals surface area contributed by atoms with Gasteiger partial charge in [0.2, 0.25) is 5.95 Å². The van der Waals surface area contributed by atoms with E-state index in [0.717, 1.165) is 16.2 Å². The number of nitrogens with zero attached hydrogens (tertiary/aromatic N) is 2. The topological polar surface area (TPSA) is 63.8 Å². The molecule has 0 radical (unpaired) electrons. The van der Waals surface area contributed by atoms with Gasteiger partial charge in [0.15, 0.2) is 11.6 Å². The number of benzene rings is 1. The number of nitrogen functional groups attached to an aromatic ring is 1. The van der Waals surface area contributed by atoms with Crippen LogP contribution in [-0.2, 0) is 6.54 Å². The van der Waals surface area contributed by atoms with Crippen molar-refractivity contribution in [2.45, 2.75) is 6.54 Å². The third-order valence-electron chi connectivity index (χ3n) is 2.17. The molecule has 0 unspecified atom stereocenters. The molecule has 0 spiro atoms. The van der Waals surface area contributed by atoms with E-state index in [1.165, 1.54) is 0 Å². The highest BCUT2D eigenvalue weighted by atomic mass is 79.9. The fourth-order valence-corrected chi connectivity index (χ4v) is 1.75. The van der Waals surface area contributed by atoms with E-state index >= 15 is 0 Å². The normalized spacial score (nSPS) is 10.2. The van der Waals surface area contributed by atoms with Crippen LogP contribution in [0.25, 0.3) is 0 Å². The molecule has 0 aliphatic heterocycles. The first-order valence-electron chi connectivity index (χ1n) is 4.92. The van der Waals surface area contributed by atoms with Gasteiger partial charge in [0.1, 0.15) is 0 Å². The smallest absolute Gasteiger partial charge is 0.222 e. The maximum Gasteiger partial charge on any atom is 0.222 e. The van der Waals surface area contributed by atoms with Crippen LogP contribution in [-0.4, -0.2) is 9.97 Å². The summed E-state index contributed by atoms with van der Waals surface area (Å²) in [6.07, 6.45) is 1.05. The first-order valence-corrected chi connectivity index (χ1v) is 5.71. The third kappa shape index (κ3) is 2.91. The molecule has 17 heavy (non-hydrogen) atoms. The predicted octanol–water partition coefficient (Wildman–Crippen LogP) is 2.57. The molecule has 0 saturated heterocycles. The summed E-state index contributed by atoms with van der Waals surface area (Å²) in [5.41, 5.74) is 6.39. The Morgan fingerprint density at radius 2 is 2.12 bits per heavy atom. The zero-order valence-corrected chi connectivity index (χ0v) is 10.4. The molecule has 2 rings (SSSR count). The molecule has 1 heterocycles. The fraction of sp³-hybridized carbons (Fsp3) is 0.0909. The van der Waals surface area contributed by atoms with Crippen molar-refractivity contribution in [3.05, 3.63) is 46.3 Å². The van der Waals surface area contributed by atoms with E-state index in [0.29, 0.717) is 6.54 Å². The average molecular weight is 297 g/mol. The number of anilines is 2. The molecule has 88 valence electrons. The van der Waals surface area contributed by atoms with Gasteiger partial charge in [0, 0.05) is 11.0 Å². The Morgan fingerprint density at radius 1 is 1.35 bits per heavy atom. The third-order valence-corrected chi connectivity index (χ3v) is 2.94. The minimum Gasteiger partial charge on any atom is -0.368 e. The van der Waals surface area contributed by atoms with Gasteiger partial charge in [0.05, 0.1) is 6.20 Å². The van der Waals surface area contributed by atoms with Gasteiger partial charge in [-0.25, -0.2) is 9.37 Å². The van der Waals surface area contributed by atoms with E-state index in [2.05, 4.69) is 31.2 Å².